The molecule has 0 amide bonds. The first-order valence-electron chi connectivity index (χ1n) is 3.81. The van der Waals surface area contributed by atoms with Gasteiger partial charge in [-0.15, -0.1) is 0 Å². The maximum absolute atomic E-state index is 11.2. The summed E-state index contributed by atoms with van der Waals surface area (Å²) in [6.07, 6.45) is 0.286. The molecule has 3 nitrogen and oxygen atoms in total. The molecule has 0 spiro atoms. The number of rotatable bonds is 2. The molecule has 0 radical (unpaired) electrons. The number of carbonyl (C=O) groups is 1. The summed E-state index contributed by atoms with van der Waals surface area (Å²) < 4.78 is 0. The molecule has 1 aromatic rings. The van der Waals surface area contributed by atoms with E-state index in [9.17, 15) is 9.90 Å². The summed E-state index contributed by atoms with van der Waals surface area (Å²) in [5.74, 6) is -0.792. The molecule has 0 atom stereocenters. The summed E-state index contributed by atoms with van der Waals surface area (Å²) in [5.41, 5.74) is 0.144. The number of hydrogen-bond donors (Lipinski definition) is 2. The van der Waals surface area contributed by atoms with Crippen LogP contribution in [0.2, 0.25) is 5.02 Å². The largest absolute Gasteiger partial charge is 0.506 e. The molecule has 0 unspecified atom stereocenters. The highest BCUT2D eigenvalue weighted by molar-refractivity contribution is 6.34. The molecular weight excluding hydrogens is 192 g/mol. The molecule has 2 N–H and O–H groups in total. The van der Waals surface area contributed by atoms with Crippen LogP contribution in [0.5, 0.6) is 11.5 Å². The van der Waals surface area contributed by atoms with Gasteiger partial charge in [0.2, 0.25) is 0 Å². The Morgan fingerprint density at radius 3 is 2.62 bits per heavy atom. The van der Waals surface area contributed by atoms with E-state index in [4.69, 9.17) is 16.7 Å². The number of phenolic OH excluding ortho intramolecular Hbond substituents is 2. The van der Waals surface area contributed by atoms with Crippen molar-refractivity contribution < 1.29 is 15.0 Å². The zero-order valence-electron chi connectivity index (χ0n) is 7.04. The first kappa shape index (κ1) is 9.86. The monoisotopic (exact) mass is 200 g/mol. The minimum absolute atomic E-state index is 0.144. The molecule has 0 aliphatic heterocycles. The second kappa shape index (κ2) is 3.66. The smallest absolute Gasteiger partial charge is 0.166 e. The van der Waals surface area contributed by atoms with Gasteiger partial charge in [-0.2, -0.15) is 0 Å². The van der Waals surface area contributed by atoms with Crippen LogP contribution in [-0.4, -0.2) is 16.0 Å². The van der Waals surface area contributed by atoms with Gasteiger partial charge < -0.3 is 10.2 Å². The lowest BCUT2D eigenvalue weighted by molar-refractivity contribution is 0.0985. The number of halogens is 1. The normalized spacial score (nSPS) is 10.0. The summed E-state index contributed by atoms with van der Waals surface area (Å²) >= 11 is 5.53. The molecule has 0 saturated carbocycles. The Hall–Kier alpha value is -1.22. The fraction of sp³-hybridized carbons (Fsp3) is 0.222. The van der Waals surface area contributed by atoms with E-state index in [0.717, 1.165) is 0 Å². The van der Waals surface area contributed by atoms with Gasteiger partial charge in [-0.25, -0.2) is 0 Å². The van der Waals surface area contributed by atoms with Crippen molar-refractivity contribution >= 4 is 17.4 Å². The first-order chi connectivity index (χ1) is 6.07. The average molecular weight is 201 g/mol. The first-order valence-corrected chi connectivity index (χ1v) is 4.19. The lowest BCUT2D eigenvalue weighted by Gasteiger charge is -2.04. The van der Waals surface area contributed by atoms with Gasteiger partial charge in [0.15, 0.2) is 5.78 Å². The third-order valence-corrected chi connectivity index (χ3v) is 2.09. The fourth-order valence-electron chi connectivity index (χ4n) is 0.969. The van der Waals surface area contributed by atoms with Crippen LogP contribution >= 0.6 is 11.6 Å². The Morgan fingerprint density at radius 2 is 2.08 bits per heavy atom. The number of benzene rings is 1. The lowest BCUT2D eigenvalue weighted by atomic mass is 10.1. The van der Waals surface area contributed by atoms with E-state index in [1.807, 2.05) is 0 Å². The second-order valence-corrected chi connectivity index (χ2v) is 2.95. The Morgan fingerprint density at radius 1 is 1.46 bits per heavy atom. The van der Waals surface area contributed by atoms with Gasteiger partial charge in [0.1, 0.15) is 16.5 Å². The minimum Gasteiger partial charge on any atom is -0.506 e. The van der Waals surface area contributed by atoms with E-state index >= 15 is 0 Å². The zero-order chi connectivity index (χ0) is 10.0. The van der Waals surface area contributed by atoms with Crippen LogP contribution in [0.15, 0.2) is 12.1 Å². The third kappa shape index (κ3) is 1.75. The molecule has 0 saturated heterocycles. The SMILES string of the molecule is CCC(=O)c1ccc(O)c(Cl)c1O. The number of carbonyl (C=O) groups excluding carboxylic acids is 1. The summed E-state index contributed by atoms with van der Waals surface area (Å²) in [6, 6.07) is 2.63. The van der Waals surface area contributed by atoms with Crippen molar-refractivity contribution in [2.75, 3.05) is 0 Å². The Balaban J connectivity index is 3.26. The molecule has 0 aliphatic carbocycles. The number of aromatic hydroxyl groups is 2. The summed E-state index contributed by atoms with van der Waals surface area (Å²) in [6.45, 7) is 1.68. The van der Waals surface area contributed by atoms with Crippen LogP contribution in [0.3, 0.4) is 0 Å². The third-order valence-electron chi connectivity index (χ3n) is 1.72. The van der Waals surface area contributed by atoms with Gasteiger partial charge in [0.05, 0.1) is 5.56 Å². The van der Waals surface area contributed by atoms with Gasteiger partial charge in [-0.3, -0.25) is 4.79 Å². The zero-order valence-corrected chi connectivity index (χ0v) is 7.80. The van der Waals surface area contributed by atoms with Crippen molar-refractivity contribution in [1.29, 1.82) is 0 Å². The van der Waals surface area contributed by atoms with Crippen molar-refractivity contribution in [3.05, 3.63) is 22.7 Å². The quantitative estimate of drug-likeness (QED) is 0.721. The van der Waals surface area contributed by atoms with Gasteiger partial charge in [-0.05, 0) is 12.1 Å². The molecule has 0 fully saturated rings. The molecule has 0 heterocycles. The Bertz CT molecular complexity index is 347. The summed E-state index contributed by atoms with van der Waals surface area (Å²) in [7, 11) is 0. The van der Waals surface area contributed by atoms with E-state index in [0.29, 0.717) is 0 Å². The van der Waals surface area contributed by atoms with Gasteiger partial charge in [-0.1, -0.05) is 18.5 Å². The summed E-state index contributed by atoms with van der Waals surface area (Å²) in [4.78, 5) is 11.2. The summed E-state index contributed by atoms with van der Waals surface area (Å²) in [5, 5.41) is 18.3. The van der Waals surface area contributed by atoms with Crippen LogP contribution in [-0.2, 0) is 0 Å². The molecule has 13 heavy (non-hydrogen) atoms. The number of ketones is 1. The van der Waals surface area contributed by atoms with E-state index in [1.54, 1.807) is 6.92 Å². The van der Waals surface area contributed by atoms with Crippen molar-refractivity contribution in [2.24, 2.45) is 0 Å². The van der Waals surface area contributed by atoms with Crippen LogP contribution in [0.25, 0.3) is 0 Å². The maximum atomic E-state index is 11.2. The molecule has 1 rings (SSSR count). The highest BCUT2D eigenvalue weighted by Gasteiger charge is 2.14. The maximum Gasteiger partial charge on any atom is 0.166 e. The number of phenols is 2. The van der Waals surface area contributed by atoms with Crippen LogP contribution < -0.4 is 0 Å². The molecule has 0 bridgehead atoms. The van der Waals surface area contributed by atoms with Crippen LogP contribution in [0, 0.1) is 0 Å². The highest BCUT2D eigenvalue weighted by atomic mass is 35.5. The average Bonchev–Trinajstić information content (AvgIpc) is 2.13. The van der Waals surface area contributed by atoms with E-state index in [2.05, 4.69) is 0 Å². The van der Waals surface area contributed by atoms with E-state index in [1.165, 1.54) is 12.1 Å². The Labute approximate surface area is 80.6 Å². The predicted molar refractivity (Wildman–Crippen MR) is 49.4 cm³/mol. The van der Waals surface area contributed by atoms with Crippen LogP contribution in [0.4, 0.5) is 0 Å². The van der Waals surface area contributed by atoms with E-state index < -0.39 is 0 Å². The molecular formula is C9H9ClO3. The van der Waals surface area contributed by atoms with Gasteiger partial charge in [0.25, 0.3) is 0 Å². The van der Waals surface area contributed by atoms with Crippen molar-refractivity contribution in [3.8, 4) is 11.5 Å². The van der Waals surface area contributed by atoms with Crippen molar-refractivity contribution in [2.45, 2.75) is 13.3 Å². The second-order valence-electron chi connectivity index (χ2n) is 2.57. The van der Waals surface area contributed by atoms with Gasteiger partial charge >= 0.3 is 0 Å². The molecule has 0 aliphatic rings. The van der Waals surface area contributed by atoms with Gasteiger partial charge in [0, 0.05) is 6.42 Å². The lowest BCUT2D eigenvalue weighted by Crippen LogP contribution is -1.96. The highest BCUT2D eigenvalue weighted by Crippen LogP contribution is 2.35. The van der Waals surface area contributed by atoms with Crippen molar-refractivity contribution in [3.63, 3.8) is 0 Å². The number of hydrogen-bond acceptors (Lipinski definition) is 3. The predicted octanol–water partition coefficient (Wildman–Crippen LogP) is 2.34. The van der Waals surface area contributed by atoms with Crippen LogP contribution in [0.1, 0.15) is 23.7 Å². The molecule has 1 aromatic carbocycles. The van der Waals surface area contributed by atoms with E-state index in [-0.39, 0.29) is 34.3 Å². The molecule has 4 heteroatoms. The fourth-order valence-corrected chi connectivity index (χ4v) is 1.13. The standard InChI is InChI=1S/C9H9ClO3/c1-2-6(11)5-3-4-7(12)8(10)9(5)13/h3-4,12-13H,2H2,1H3. The molecule has 70 valence electrons. The Kier molecular flexibility index (Phi) is 2.78. The topological polar surface area (TPSA) is 57.5 Å². The van der Waals surface area contributed by atoms with Crippen molar-refractivity contribution in [1.82, 2.24) is 0 Å². The minimum atomic E-state index is -0.353. The number of Topliss-reactive ketones (excluding diaryl/α,β-unsaturated/α-hetero) is 1. The molecule has 0 aromatic heterocycles.